The summed E-state index contributed by atoms with van der Waals surface area (Å²) in [6.45, 7) is 4.11. The van der Waals surface area contributed by atoms with Crippen LogP contribution in [0.25, 0.3) is 0 Å². The van der Waals surface area contributed by atoms with Crippen LogP contribution in [0.3, 0.4) is 0 Å². The van der Waals surface area contributed by atoms with Gasteiger partial charge in [-0.2, -0.15) is 0 Å². The Bertz CT molecular complexity index is 640. The molecular formula is C20H26N2O2. The number of benzene rings is 2. The molecule has 0 saturated heterocycles. The highest BCUT2D eigenvalue weighted by molar-refractivity contribution is 5.72. The first kappa shape index (κ1) is 18.2. The summed E-state index contributed by atoms with van der Waals surface area (Å²) in [5.41, 5.74) is 9.34. The second kappa shape index (κ2) is 8.62. The van der Waals surface area contributed by atoms with Crippen molar-refractivity contribution in [1.29, 1.82) is 0 Å². The third-order valence-corrected chi connectivity index (χ3v) is 4.28. The summed E-state index contributed by atoms with van der Waals surface area (Å²) in [5.74, 6) is 0.106. The monoisotopic (exact) mass is 326 g/mol. The molecule has 128 valence electrons. The molecule has 0 aliphatic carbocycles. The van der Waals surface area contributed by atoms with Crippen molar-refractivity contribution in [2.45, 2.75) is 39.0 Å². The third kappa shape index (κ3) is 5.18. The summed E-state index contributed by atoms with van der Waals surface area (Å²) in [5, 5.41) is 13.2. The lowest BCUT2D eigenvalue weighted by Gasteiger charge is -2.25. The van der Waals surface area contributed by atoms with Crippen LogP contribution < -0.4 is 11.1 Å². The molecule has 2 rings (SSSR count). The normalized spacial score (nSPS) is 14.7. The van der Waals surface area contributed by atoms with Crippen molar-refractivity contribution in [3.05, 3.63) is 71.3 Å². The Kier molecular flexibility index (Phi) is 6.53. The van der Waals surface area contributed by atoms with Crippen LogP contribution in [0.4, 0.5) is 0 Å². The van der Waals surface area contributed by atoms with Crippen LogP contribution in [0, 0.1) is 5.92 Å². The van der Waals surface area contributed by atoms with Crippen LogP contribution in [-0.2, 0) is 17.8 Å². The first-order valence-electron chi connectivity index (χ1n) is 8.28. The lowest BCUT2D eigenvalue weighted by Crippen LogP contribution is -2.36. The summed E-state index contributed by atoms with van der Waals surface area (Å²) in [6, 6.07) is 17.3. The van der Waals surface area contributed by atoms with Gasteiger partial charge in [0, 0.05) is 19.5 Å². The third-order valence-electron chi connectivity index (χ3n) is 4.28. The van der Waals surface area contributed by atoms with Gasteiger partial charge in [0.25, 0.3) is 0 Å². The molecule has 4 N–H and O–H groups in total. The zero-order valence-electron chi connectivity index (χ0n) is 14.3. The molecule has 3 unspecified atom stereocenters. The van der Waals surface area contributed by atoms with Gasteiger partial charge < -0.3 is 16.2 Å². The van der Waals surface area contributed by atoms with E-state index in [1.165, 1.54) is 12.5 Å². The smallest absolute Gasteiger partial charge is 0.217 e. The average molecular weight is 326 g/mol. The maximum atomic E-state index is 10.9. The number of amides is 1. The Morgan fingerprint density at radius 1 is 1.08 bits per heavy atom. The molecule has 4 nitrogen and oxygen atoms in total. The molecule has 2 aromatic rings. The standard InChI is InChI=1S/C20H26N2O2/c1-14(19(21)20(24)18-6-4-3-5-7-18)12-16-8-10-17(11-9-16)13-22-15(2)23/h3-11,14,19-20,24H,12-13,21H2,1-2H3,(H,22,23). The fourth-order valence-corrected chi connectivity index (χ4v) is 2.71. The lowest BCUT2D eigenvalue weighted by molar-refractivity contribution is -0.119. The van der Waals surface area contributed by atoms with Crippen molar-refractivity contribution in [2.75, 3.05) is 0 Å². The Hall–Kier alpha value is -2.17. The predicted molar refractivity (Wildman–Crippen MR) is 96.2 cm³/mol. The second-order valence-electron chi connectivity index (χ2n) is 6.34. The molecule has 0 heterocycles. The van der Waals surface area contributed by atoms with Gasteiger partial charge >= 0.3 is 0 Å². The van der Waals surface area contributed by atoms with Gasteiger partial charge in [0.1, 0.15) is 0 Å². The van der Waals surface area contributed by atoms with E-state index in [0.29, 0.717) is 6.54 Å². The molecule has 0 bridgehead atoms. The van der Waals surface area contributed by atoms with Gasteiger partial charge in [-0.15, -0.1) is 0 Å². The van der Waals surface area contributed by atoms with Crippen LogP contribution in [-0.4, -0.2) is 17.1 Å². The number of hydrogen-bond acceptors (Lipinski definition) is 3. The first-order chi connectivity index (χ1) is 11.5. The van der Waals surface area contributed by atoms with Crippen LogP contribution in [0.5, 0.6) is 0 Å². The maximum Gasteiger partial charge on any atom is 0.217 e. The fourth-order valence-electron chi connectivity index (χ4n) is 2.71. The average Bonchev–Trinajstić information content (AvgIpc) is 2.60. The van der Waals surface area contributed by atoms with Gasteiger partial charge in [-0.3, -0.25) is 4.79 Å². The number of nitrogens with two attached hydrogens (primary N) is 1. The van der Waals surface area contributed by atoms with Gasteiger partial charge in [-0.25, -0.2) is 0 Å². The number of carbonyl (C=O) groups excluding carboxylic acids is 1. The van der Waals surface area contributed by atoms with E-state index in [0.717, 1.165) is 17.5 Å². The second-order valence-corrected chi connectivity index (χ2v) is 6.34. The van der Waals surface area contributed by atoms with Gasteiger partial charge in [-0.1, -0.05) is 61.5 Å². The van der Waals surface area contributed by atoms with Crippen LogP contribution in [0.15, 0.2) is 54.6 Å². The molecule has 0 radical (unpaired) electrons. The van der Waals surface area contributed by atoms with Crippen LogP contribution >= 0.6 is 0 Å². The molecule has 0 aromatic heterocycles. The molecule has 1 amide bonds. The lowest BCUT2D eigenvalue weighted by atomic mass is 9.88. The highest BCUT2D eigenvalue weighted by Gasteiger charge is 2.22. The Labute approximate surface area is 143 Å². The van der Waals surface area contributed by atoms with E-state index >= 15 is 0 Å². The van der Waals surface area contributed by atoms with E-state index in [1.54, 1.807) is 0 Å². The number of nitrogens with one attached hydrogen (secondary N) is 1. The summed E-state index contributed by atoms with van der Waals surface area (Å²) in [6.07, 6.45) is 0.131. The summed E-state index contributed by atoms with van der Waals surface area (Å²) in [4.78, 5) is 10.9. The summed E-state index contributed by atoms with van der Waals surface area (Å²) in [7, 11) is 0. The zero-order chi connectivity index (χ0) is 17.5. The van der Waals surface area contributed by atoms with Crippen LogP contribution in [0.2, 0.25) is 0 Å². The molecule has 0 aliphatic heterocycles. The minimum atomic E-state index is -0.666. The van der Waals surface area contributed by atoms with Crippen molar-refractivity contribution < 1.29 is 9.90 Å². The van der Waals surface area contributed by atoms with Crippen molar-refractivity contribution in [1.82, 2.24) is 5.32 Å². The van der Waals surface area contributed by atoms with E-state index in [4.69, 9.17) is 5.73 Å². The number of aliphatic hydroxyl groups excluding tert-OH is 1. The quantitative estimate of drug-likeness (QED) is 0.732. The fraction of sp³-hybridized carbons (Fsp3) is 0.350. The topological polar surface area (TPSA) is 75.4 Å². The zero-order valence-corrected chi connectivity index (χ0v) is 14.3. The van der Waals surface area contributed by atoms with Gasteiger partial charge in [0.2, 0.25) is 5.91 Å². The predicted octanol–water partition coefficient (Wildman–Crippen LogP) is 2.56. The van der Waals surface area contributed by atoms with Crippen molar-refractivity contribution in [2.24, 2.45) is 11.7 Å². The molecule has 2 aromatic carbocycles. The number of rotatable bonds is 7. The number of aliphatic hydroxyl groups is 1. The van der Waals surface area contributed by atoms with E-state index in [1.807, 2.05) is 42.5 Å². The molecule has 0 aliphatic rings. The Morgan fingerprint density at radius 3 is 2.25 bits per heavy atom. The minimum absolute atomic E-state index is 0.0337. The van der Waals surface area contributed by atoms with Gasteiger partial charge in [0.05, 0.1) is 6.10 Å². The van der Waals surface area contributed by atoms with Gasteiger partial charge in [0.15, 0.2) is 0 Å². The molecule has 24 heavy (non-hydrogen) atoms. The number of carbonyl (C=O) groups is 1. The highest BCUT2D eigenvalue weighted by Crippen LogP contribution is 2.22. The Morgan fingerprint density at radius 2 is 1.67 bits per heavy atom. The maximum absolute atomic E-state index is 10.9. The first-order valence-corrected chi connectivity index (χ1v) is 8.28. The minimum Gasteiger partial charge on any atom is -0.387 e. The van der Waals surface area contributed by atoms with E-state index in [9.17, 15) is 9.90 Å². The number of hydrogen-bond donors (Lipinski definition) is 3. The van der Waals surface area contributed by atoms with Crippen molar-refractivity contribution in [3.8, 4) is 0 Å². The summed E-state index contributed by atoms with van der Waals surface area (Å²) >= 11 is 0. The summed E-state index contributed by atoms with van der Waals surface area (Å²) < 4.78 is 0. The highest BCUT2D eigenvalue weighted by atomic mass is 16.3. The van der Waals surface area contributed by atoms with E-state index < -0.39 is 6.10 Å². The molecule has 0 fully saturated rings. The molecule has 3 atom stereocenters. The van der Waals surface area contributed by atoms with E-state index in [2.05, 4.69) is 24.4 Å². The molecule has 0 spiro atoms. The molecular weight excluding hydrogens is 300 g/mol. The molecule has 4 heteroatoms. The van der Waals surface area contributed by atoms with Crippen LogP contribution in [0.1, 0.15) is 36.6 Å². The largest absolute Gasteiger partial charge is 0.387 e. The molecule has 0 saturated carbocycles. The van der Waals surface area contributed by atoms with Crippen molar-refractivity contribution >= 4 is 5.91 Å². The van der Waals surface area contributed by atoms with E-state index in [-0.39, 0.29) is 17.9 Å². The SMILES string of the molecule is CC(=O)NCc1ccc(CC(C)C(N)C(O)c2ccccc2)cc1. The van der Waals surface area contributed by atoms with Gasteiger partial charge in [-0.05, 0) is 29.0 Å². The van der Waals surface area contributed by atoms with Crippen molar-refractivity contribution in [3.63, 3.8) is 0 Å². The Balaban J connectivity index is 1.93.